The minimum atomic E-state index is -4.70. The van der Waals surface area contributed by atoms with Crippen molar-refractivity contribution in [3.05, 3.63) is 70.1 Å². The number of ether oxygens (including phenoxy) is 1. The highest BCUT2D eigenvalue weighted by Crippen LogP contribution is 2.36. The Hall–Kier alpha value is -3.29. The number of para-hydroxylation sites is 1. The summed E-state index contributed by atoms with van der Waals surface area (Å²) in [5, 5.41) is -0.254. The monoisotopic (exact) mass is 417 g/mol. The molecule has 1 aliphatic heterocycles. The van der Waals surface area contributed by atoms with Crippen LogP contribution in [-0.4, -0.2) is 18.1 Å². The molecule has 2 heterocycles. The number of carbonyl (C=O) groups is 1. The Morgan fingerprint density at radius 3 is 2.67 bits per heavy atom. The van der Waals surface area contributed by atoms with E-state index in [1.54, 1.807) is 11.8 Å². The molecule has 0 bridgehead atoms. The molecule has 2 unspecified atom stereocenters. The summed E-state index contributed by atoms with van der Waals surface area (Å²) in [5.74, 6) is -0.135. The lowest BCUT2D eigenvalue weighted by Crippen LogP contribution is -2.43. The van der Waals surface area contributed by atoms with E-state index >= 15 is 0 Å². The lowest BCUT2D eigenvalue weighted by atomic mass is 10.1. The zero-order valence-electron chi connectivity index (χ0n) is 16.2. The van der Waals surface area contributed by atoms with Crippen molar-refractivity contribution in [2.24, 2.45) is 0 Å². The number of halogens is 3. The molecule has 8 heteroatoms. The van der Waals surface area contributed by atoms with Crippen LogP contribution in [0.25, 0.3) is 11.0 Å². The van der Waals surface area contributed by atoms with Gasteiger partial charge in [-0.15, -0.1) is 0 Å². The third-order valence-corrected chi connectivity index (χ3v) is 5.13. The van der Waals surface area contributed by atoms with Crippen LogP contribution in [0.15, 0.2) is 57.7 Å². The van der Waals surface area contributed by atoms with E-state index < -0.39 is 23.5 Å². The van der Waals surface area contributed by atoms with Crippen molar-refractivity contribution in [1.29, 1.82) is 0 Å². The number of hydrogen-bond donors (Lipinski definition) is 0. The van der Waals surface area contributed by atoms with Crippen LogP contribution in [0.1, 0.15) is 25.0 Å². The second kappa shape index (κ2) is 7.19. The van der Waals surface area contributed by atoms with E-state index in [-0.39, 0.29) is 28.7 Å². The van der Waals surface area contributed by atoms with Crippen LogP contribution in [0.2, 0.25) is 0 Å². The van der Waals surface area contributed by atoms with E-state index in [0.29, 0.717) is 6.07 Å². The smallest absolute Gasteiger partial charge is 0.417 e. The molecule has 1 aliphatic rings. The Kier molecular flexibility index (Phi) is 4.80. The number of hydrogen-bond acceptors (Lipinski definition) is 4. The van der Waals surface area contributed by atoms with Crippen molar-refractivity contribution in [2.75, 3.05) is 4.90 Å². The fourth-order valence-electron chi connectivity index (χ4n) is 3.80. The number of rotatable bonds is 3. The molecule has 1 aromatic heterocycles. The van der Waals surface area contributed by atoms with Crippen LogP contribution in [0.5, 0.6) is 5.75 Å². The number of anilines is 1. The number of benzene rings is 2. The first-order chi connectivity index (χ1) is 14.1. The van der Waals surface area contributed by atoms with Gasteiger partial charge in [-0.1, -0.05) is 18.2 Å². The predicted molar refractivity (Wildman–Crippen MR) is 105 cm³/mol. The van der Waals surface area contributed by atoms with E-state index in [0.717, 1.165) is 17.7 Å². The molecule has 0 fully saturated rings. The zero-order chi connectivity index (χ0) is 21.6. The van der Waals surface area contributed by atoms with E-state index in [2.05, 4.69) is 0 Å². The van der Waals surface area contributed by atoms with Crippen LogP contribution >= 0.6 is 0 Å². The van der Waals surface area contributed by atoms with E-state index in [9.17, 15) is 22.8 Å². The van der Waals surface area contributed by atoms with Crippen molar-refractivity contribution in [3.8, 4) is 5.75 Å². The van der Waals surface area contributed by atoms with Crippen molar-refractivity contribution >= 4 is 22.6 Å². The lowest BCUT2D eigenvalue weighted by Gasteiger charge is -2.26. The third-order valence-electron chi connectivity index (χ3n) is 5.13. The maximum absolute atomic E-state index is 13.2. The van der Waals surface area contributed by atoms with Crippen molar-refractivity contribution in [2.45, 2.75) is 38.6 Å². The van der Waals surface area contributed by atoms with Crippen molar-refractivity contribution in [1.82, 2.24) is 0 Å². The van der Waals surface area contributed by atoms with Crippen LogP contribution < -0.4 is 15.3 Å². The van der Waals surface area contributed by atoms with Gasteiger partial charge in [0.05, 0.1) is 5.56 Å². The molecule has 2 aromatic carbocycles. The highest BCUT2D eigenvalue weighted by molar-refractivity contribution is 5.99. The molecule has 0 spiro atoms. The molecule has 5 nitrogen and oxygen atoms in total. The van der Waals surface area contributed by atoms with Gasteiger partial charge in [0.1, 0.15) is 11.3 Å². The van der Waals surface area contributed by atoms with Gasteiger partial charge in [0.2, 0.25) is 0 Å². The quantitative estimate of drug-likeness (QED) is 0.587. The summed E-state index contributed by atoms with van der Waals surface area (Å²) in [6, 6.07) is 11.7. The van der Waals surface area contributed by atoms with Gasteiger partial charge >= 0.3 is 11.8 Å². The normalized spacial score (nSPS) is 17.1. The van der Waals surface area contributed by atoms with Crippen LogP contribution in [-0.2, 0) is 17.4 Å². The molecular weight excluding hydrogens is 399 g/mol. The van der Waals surface area contributed by atoms with E-state index in [4.69, 9.17) is 9.15 Å². The SMILES string of the molecule is CC(Oc1ccc2c(C(F)(F)F)cc(=O)oc2c1)C(=O)N1c2ccccc2CC1C. The Bertz CT molecular complexity index is 1180. The second-order valence-corrected chi connectivity index (χ2v) is 7.29. The number of alkyl halides is 3. The van der Waals surface area contributed by atoms with Gasteiger partial charge in [0.25, 0.3) is 5.91 Å². The molecule has 4 rings (SSSR count). The summed E-state index contributed by atoms with van der Waals surface area (Å²) in [6.07, 6.45) is -4.86. The summed E-state index contributed by atoms with van der Waals surface area (Å²) in [6.45, 7) is 3.51. The first kappa shape index (κ1) is 20.0. The number of fused-ring (bicyclic) bond motifs is 2. The largest absolute Gasteiger partial charge is 0.481 e. The summed E-state index contributed by atoms with van der Waals surface area (Å²) < 4.78 is 50.2. The number of carbonyl (C=O) groups excluding carboxylic acids is 1. The third kappa shape index (κ3) is 3.53. The lowest BCUT2D eigenvalue weighted by molar-refractivity contribution is -0.136. The van der Waals surface area contributed by atoms with Gasteiger partial charge in [-0.05, 0) is 44.0 Å². The van der Waals surface area contributed by atoms with Crippen LogP contribution in [0.3, 0.4) is 0 Å². The van der Waals surface area contributed by atoms with Crippen molar-refractivity contribution in [3.63, 3.8) is 0 Å². The molecule has 0 aliphatic carbocycles. The maximum atomic E-state index is 13.2. The first-order valence-corrected chi connectivity index (χ1v) is 9.38. The topological polar surface area (TPSA) is 59.8 Å². The minimum Gasteiger partial charge on any atom is -0.481 e. The average Bonchev–Trinajstić information content (AvgIpc) is 3.01. The molecule has 0 radical (unpaired) electrons. The fraction of sp³-hybridized carbons (Fsp3) is 0.273. The van der Waals surface area contributed by atoms with Gasteiger partial charge < -0.3 is 14.1 Å². The predicted octanol–water partition coefficient (Wildman–Crippen LogP) is 4.56. The second-order valence-electron chi connectivity index (χ2n) is 7.29. The zero-order valence-corrected chi connectivity index (χ0v) is 16.2. The molecule has 1 amide bonds. The van der Waals surface area contributed by atoms with Gasteiger partial charge in [-0.3, -0.25) is 4.79 Å². The highest BCUT2D eigenvalue weighted by Gasteiger charge is 2.35. The summed E-state index contributed by atoms with van der Waals surface area (Å²) in [7, 11) is 0. The van der Waals surface area contributed by atoms with Gasteiger partial charge in [0, 0.05) is 29.2 Å². The summed E-state index contributed by atoms with van der Waals surface area (Å²) in [4.78, 5) is 26.2. The van der Waals surface area contributed by atoms with Gasteiger partial charge in [-0.2, -0.15) is 13.2 Å². The van der Waals surface area contributed by atoms with Crippen LogP contribution in [0.4, 0.5) is 18.9 Å². The molecule has 3 aromatic rings. The fourth-order valence-corrected chi connectivity index (χ4v) is 3.80. The molecule has 0 saturated carbocycles. The van der Waals surface area contributed by atoms with E-state index in [1.807, 2.05) is 31.2 Å². The molecule has 0 N–H and O–H groups in total. The molecule has 30 heavy (non-hydrogen) atoms. The summed E-state index contributed by atoms with van der Waals surface area (Å²) >= 11 is 0. The molecular formula is C22H18F3NO4. The van der Waals surface area contributed by atoms with Gasteiger partial charge in [0.15, 0.2) is 6.10 Å². The Morgan fingerprint density at radius 1 is 1.20 bits per heavy atom. The Labute approximate surface area is 169 Å². The first-order valence-electron chi connectivity index (χ1n) is 9.38. The Balaban J connectivity index is 1.61. The maximum Gasteiger partial charge on any atom is 0.417 e. The molecule has 156 valence electrons. The van der Waals surface area contributed by atoms with E-state index in [1.165, 1.54) is 18.2 Å². The Morgan fingerprint density at radius 2 is 1.93 bits per heavy atom. The summed E-state index contributed by atoms with van der Waals surface area (Å²) in [5.41, 5.74) is -0.556. The molecule has 2 atom stereocenters. The standard InChI is InChI=1S/C22H18F3NO4/c1-12-9-14-5-3-4-6-18(14)26(12)21(28)13(2)29-15-7-8-16-17(22(23,24)25)11-20(27)30-19(16)10-15/h3-8,10-13H,9H2,1-2H3. The average molecular weight is 417 g/mol. The molecule has 0 saturated heterocycles. The van der Waals surface area contributed by atoms with Crippen molar-refractivity contribution < 1.29 is 27.1 Å². The minimum absolute atomic E-state index is 0.0371. The van der Waals surface area contributed by atoms with Gasteiger partial charge in [-0.25, -0.2) is 4.79 Å². The highest BCUT2D eigenvalue weighted by atomic mass is 19.4. The number of amides is 1. The van der Waals surface area contributed by atoms with Crippen LogP contribution in [0, 0.1) is 0 Å². The number of nitrogens with zero attached hydrogens (tertiary/aromatic N) is 1.